The Hall–Kier alpha value is -0.460. The fourth-order valence-corrected chi connectivity index (χ4v) is 1.15. The van der Waals surface area contributed by atoms with Crippen LogP contribution in [0.4, 0.5) is 0 Å². The first-order valence-electron chi connectivity index (χ1n) is 4.11. The van der Waals surface area contributed by atoms with Gasteiger partial charge in [-0.2, -0.15) is 0 Å². The molecule has 0 bridgehead atoms. The van der Waals surface area contributed by atoms with Crippen LogP contribution in [0.5, 0.6) is 0 Å². The SMILES string of the molecule is CC(C)CC1=CCCCO1. The summed E-state index contributed by atoms with van der Waals surface area (Å²) in [4.78, 5) is 0. The fraction of sp³-hybridized carbons (Fsp3) is 0.778. The molecule has 0 fully saturated rings. The van der Waals surface area contributed by atoms with Crippen LogP contribution in [-0.4, -0.2) is 6.61 Å². The summed E-state index contributed by atoms with van der Waals surface area (Å²) in [5.74, 6) is 1.94. The predicted octanol–water partition coefficient (Wildman–Crippen LogP) is 2.73. The van der Waals surface area contributed by atoms with Gasteiger partial charge in [-0.15, -0.1) is 0 Å². The Morgan fingerprint density at radius 3 is 2.90 bits per heavy atom. The van der Waals surface area contributed by atoms with Gasteiger partial charge in [-0.3, -0.25) is 0 Å². The van der Waals surface area contributed by atoms with Gasteiger partial charge in [-0.25, -0.2) is 0 Å². The van der Waals surface area contributed by atoms with Gasteiger partial charge in [-0.1, -0.05) is 13.8 Å². The van der Waals surface area contributed by atoms with Crippen LogP contribution >= 0.6 is 0 Å². The van der Waals surface area contributed by atoms with E-state index >= 15 is 0 Å². The van der Waals surface area contributed by atoms with Crippen LogP contribution in [0.3, 0.4) is 0 Å². The van der Waals surface area contributed by atoms with E-state index in [9.17, 15) is 0 Å². The molecular weight excluding hydrogens is 124 g/mol. The standard InChI is InChI=1S/C9H16O/c1-8(2)7-9-5-3-4-6-10-9/h5,8H,3-4,6-7H2,1-2H3. The lowest BCUT2D eigenvalue weighted by Gasteiger charge is -2.16. The van der Waals surface area contributed by atoms with E-state index in [0.29, 0.717) is 0 Å². The van der Waals surface area contributed by atoms with E-state index in [2.05, 4.69) is 19.9 Å². The normalized spacial score (nSPS) is 18.5. The van der Waals surface area contributed by atoms with Crippen molar-refractivity contribution in [2.75, 3.05) is 6.61 Å². The molecule has 1 heterocycles. The van der Waals surface area contributed by atoms with E-state index in [1.165, 1.54) is 18.6 Å². The average molecular weight is 140 g/mol. The van der Waals surface area contributed by atoms with Crippen molar-refractivity contribution < 1.29 is 4.74 Å². The summed E-state index contributed by atoms with van der Waals surface area (Å²) < 4.78 is 5.45. The highest BCUT2D eigenvalue weighted by Crippen LogP contribution is 2.17. The van der Waals surface area contributed by atoms with Gasteiger partial charge >= 0.3 is 0 Å². The number of hydrogen-bond donors (Lipinski definition) is 0. The average Bonchev–Trinajstić information content (AvgIpc) is 1.88. The molecule has 1 aliphatic rings. The fourth-order valence-electron chi connectivity index (χ4n) is 1.15. The summed E-state index contributed by atoms with van der Waals surface area (Å²) in [5, 5.41) is 0. The lowest BCUT2D eigenvalue weighted by molar-refractivity contribution is 0.177. The van der Waals surface area contributed by atoms with E-state index in [-0.39, 0.29) is 0 Å². The van der Waals surface area contributed by atoms with Crippen molar-refractivity contribution in [1.82, 2.24) is 0 Å². The summed E-state index contributed by atoms with van der Waals surface area (Å²) >= 11 is 0. The minimum atomic E-state index is 0.726. The quantitative estimate of drug-likeness (QED) is 0.573. The zero-order valence-electron chi connectivity index (χ0n) is 6.89. The Kier molecular flexibility index (Phi) is 2.79. The van der Waals surface area contributed by atoms with E-state index in [1.807, 2.05) is 0 Å². The zero-order chi connectivity index (χ0) is 7.40. The summed E-state index contributed by atoms with van der Waals surface area (Å²) in [6.07, 6.45) is 5.74. The molecular formula is C9H16O. The van der Waals surface area contributed by atoms with Gasteiger partial charge in [0.15, 0.2) is 0 Å². The first kappa shape index (κ1) is 7.64. The largest absolute Gasteiger partial charge is 0.498 e. The molecule has 0 saturated carbocycles. The molecule has 1 nitrogen and oxygen atoms in total. The van der Waals surface area contributed by atoms with Gasteiger partial charge in [-0.05, 0) is 24.8 Å². The zero-order valence-corrected chi connectivity index (χ0v) is 6.89. The highest BCUT2D eigenvalue weighted by Gasteiger charge is 2.05. The third-order valence-electron chi connectivity index (χ3n) is 1.62. The van der Waals surface area contributed by atoms with E-state index in [4.69, 9.17) is 4.74 Å². The van der Waals surface area contributed by atoms with E-state index in [1.54, 1.807) is 0 Å². The van der Waals surface area contributed by atoms with E-state index < -0.39 is 0 Å². The minimum Gasteiger partial charge on any atom is -0.498 e. The summed E-state index contributed by atoms with van der Waals surface area (Å²) in [6.45, 7) is 5.37. The minimum absolute atomic E-state index is 0.726. The molecule has 0 atom stereocenters. The molecule has 0 aromatic heterocycles. The molecule has 0 saturated heterocycles. The van der Waals surface area contributed by atoms with Crippen LogP contribution in [0.25, 0.3) is 0 Å². The van der Waals surface area contributed by atoms with Gasteiger partial charge in [0.1, 0.15) is 0 Å². The summed E-state index contributed by atoms with van der Waals surface area (Å²) in [7, 11) is 0. The Bertz CT molecular complexity index is 125. The van der Waals surface area contributed by atoms with Crippen LogP contribution in [-0.2, 0) is 4.74 Å². The molecule has 0 amide bonds. The molecule has 58 valence electrons. The van der Waals surface area contributed by atoms with Crippen molar-refractivity contribution >= 4 is 0 Å². The van der Waals surface area contributed by atoms with Gasteiger partial charge in [0.25, 0.3) is 0 Å². The molecule has 1 rings (SSSR count). The Balaban J connectivity index is 2.31. The lowest BCUT2D eigenvalue weighted by atomic mass is 10.1. The second-order valence-corrected chi connectivity index (χ2v) is 3.26. The number of rotatable bonds is 2. The highest BCUT2D eigenvalue weighted by molar-refractivity contribution is 4.96. The van der Waals surface area contributed by atoms with Crippen LogP contribution in [0.1, 0.15) is 33.1 Å². The lowest BCUT2D eigenvalue weighted by Crippen LogP contribution is -2.03. The maximum Gasteiger partial charge on any atom is 0.0922 e. The maximum atomic E-state index is 5.45. The van der Waals surface area contributed by atoms with Crippen molar-refractivity contribution in [3.63, 3.8) is 0 Å². The van der Waals surface area contributed by atoms with E-state index in [0.717, 1.165) is 18.9 Å². The predicted molar refractivity (Wildman–Crippen MR) is 42.7 cm³/mol. The number of hydrogen-bond acceptors (Lipinski definition) is 1. The van der Waals surface area contributed by atoms with Gasteiger partial charge in [0, 0.05) is 6.42 Å². The van der Waals surface area contributed by atoms with Gasteiger partial charge < -0.3 is 4.74 Å². The molecule has 10 heavy (non-hydrogen) atoms. The molecule has 0 spiro atoms. The van der Waals surface area contributed by atoms with Gasteiger partial charge in [0.2, 0.25) is 0 Å². The van der Waals surface area contributed by atoms with Crippen LogP contribution < -0.4 is 0 Å². The monoisotopic (exact) mass is 140 g/mol. The van der Waals surface area contributed by atoms with Crippen LogP contribution in [0.15, 0.2) is 11.8 Å². The third-order valence-corrected chi connectivity index (χ3v) is 1.62. The summed E-state index contributed by atoms with van der Waals surface area (Å²) in [5.41, 5.74) is 0. The smallest absolute Gasteiger partial charge is 0.0922 e. The maximum absolute atomic E-state index is 5.45. The first-order chi connectivity index (χ1) is 4.79. The molecule has 0 N–H and O–H groups in total. The Morgan fingerprint density at radius 2 is 2.40 bits per heavy atom. The third kappa shape index (κ3) is 2.42. The van der Waals surface area contributed by atoms with Crippen molar-refractivity contribution in [3.8, 4) is 0 Å². The van der Waals surface area contributed by atoms with Gasteiger partial charge in [0.05, 0.1) is 12.4 Å². The molecule has 0 radical (unpaired) electrons. The summed E-state index contributed by atoms with van der Waals surface area (Å²) in [6, 6.07) is 0. The van der Waals surface area contributed by atoms with Crippen molar-refractivity contribution in [2.24, 2.45) is 5.92 Å². The Morgan fingerprint density at radius 1 is 1.60 bits per heavy atom. The van der Waals surface area contributed by atoms with Crippen molar-refractivity contribution in [3.05, 3.63) is 11.8 Å². The van der Waals surface area contributed by atoms with Crippen LogP contribution in [0.2, 0.25) is 0 Å². The molecule has 1 aliphatic heterocycles. The molecule has 0 unspecified atom stereocenters. The molecule has 0 aliphatic carbocycles. The topological polar surface area (TPSA) is 9.23 Å². The van der Waals surface area contributed by atoms with Crippen molar-refractivity contribution in [1.29, 1.82) is 0 Å². The first-order valence-corrected chi connectivity index (χ1v) is 4.11. The molecule has 0 aromatic carbocycles. The second-order valence-electron chi connectivity index (χ2n) is 3.26. The highest BCUT2D eigenvalue weighted by atomic mass is 16.5. The molecule has 1 heteroatoms. The van der Waals surface area contributed by atoms with Crippen molar-refractivity contribution in [2.45, 2.75) is 33.1 Å². The Labute approximate surface area is 63.1 Å². The van der Waals surface area contributed by atoms with Crippen LogP contribution in [0, 0.1) is 5.92 Å². The second kappa shape index (κ2) is 3.65. The molecule has 0 aromatic rings. The number of allylic oxidation sites excluding steroid dienone is 2. The number of ether oxygens (including phenoxy) is 1.